The van der Waals surface area contributed by atoms with Gasteiger partial charge in [0.05, 0.1) is 4.48 Å². The average Bonchev–Trinajstić information content (AvgIpc) is 1.65. The summed E-state index contributed by atoms with van der Waals surface area (Å²) in [6, 6.07) is 0. The summed E-state index contributed by atoms with van der Waals surface area (Å²) >= 11 is 2.97. The molecular weight excluding hydrogens is 144 g/mol. The third-order valence-corrected chi connectivity index (χ3v) is 1.03. The number of carbonyl (C=O) groups is 1. The van der Waals surface area contributed by atoms with Crippen molar-refractivity contribution in [1.29, 1.82) is 0 Å². The van der Waals surface area contributed by atoms with Crippen molar-refractivity contribution >= 4 is 22.2 Å². The number of halogens is 1. The molecule has 0 atom stereocenters. The topological polar surface area (TPSA) is 17.1 Å². The zero-order chi connectivity index (χ0) is 4.99. The molecule has 0 aromatic carbocycles. The van der Waals surface area contributed by atoms with E-state index in [1.54, 1.807) is 13.0 Å². The van der Waals surface area contributed by atoms with Crippen LogP contribution in [0, 0.1) is 0 Å². The summed E-state index contributed by atoms with van der Waals surface area (Å²) in [4.78, 5) is 9.62. The highest BCUT2D eigenvalue weighted by molar-refractivity contribution is 9.12. The van der Waals surface area contributed by atoms with Gasteiger partial charge in [0.2, 0.25) is 0 Å². The van der Waals surface area contributed by atoms with E-state index in [0.29, 0.717) is 4.48 Å². The Balaban J connectivity index is 3.50. The van der Waals surface area contributed by atoms with E-state index in [9.17, 15) is 4.79 Å². The van der Waals surface area contributed by atoms with Gasteiger partial charge in [-0.15, -0.1) is 0 Å². The molecule has 6 heavy (non-hydrogen) atoms. The lowest BCUT2D eigenvalue weighted by Crippen LogP contribution is -1.63. The van der Waals surface area contributed by atoms with Crippen LogP contribution in [0.4, 0.5) is 0 Å². The van der Waals surface area contributed by atoms with Crippen molar-refractivity contribution < 1.29 is 4.79 Å². The van der Waals surface area contributed by atoms with Gasteiger partial charge in [0.25, 0.3) is 0 Å². The molecule has 0 spiro atoms. The molecule has 1 nitrogen and oxygen atoms in total. The first-order chi connectivity index (χ1) is 2.81. The number of hydrogen-bond acceptors (Lipinski definition) is 1. The normalized spacial score (nSPS) is 11.3. The van der Waals surface area contributed by atoms with E-state index in [1.165, 1.54) is 0 Å². The summed E-state index contributed by atoms with van der Waals surface area (Å²) in [5.41, 5.74) is 0. The van der Waals surface area contributed by atoms with E-state index in [2.05, 4.69) is 15.9 Å². The van der Waals surface area contributed by atoms with Gasteiger partial charge in [0, 0.05) is 0 Å². The zero-order valence-corrected chi connectivity index (χ0v) is 5.03. The van der Waals surface area contributed by atoms with Crippen LogP contribution in [0.3, 0.4) is 0 Å². The minimum Gasteiger partial charge on any atom is -0.297 e. The molecule has 0 fully saturated rings. The molecule has 0 radical (unpaired) electrons. The van der Waals surface area contributed by atoms with Gasteiger partial charge < -0.3 is 0 Å². The Bertz CT molecular complexity index is 75.6. The minimum atomic E-state index is 0.600. The molecule has 0 aliphatic heterocycles. The highest BCUT2D eigenvalue weighted by Gasteiger charge is 1.75. The first kappa shape index (κ1) is 5.89. The monoisotopic (exact) mass is 148 g/mol. The first-order valence-corrected chi connectivity index (χ1v) is 2.37. The van der Waals surface area contributed by atoms with Crippen LogP contribution in [0.25, 0.3) is 0 Å². The molecule has 34 valence electrons. The lowest BCUT2D eigenvalue weighted by molar-refractivity contribution is -0.104. The minimum absolute atomic E-state index is 0.600. The van der Waals surface area contributed by atoms with Crippen LogP contribution in [0.1, 0.15) is 6.92 Å². The number of carbonyl (C=O) groups excluding carboxylic acids is 1. The number of aldehydes is 1. The molecule has 0 heterocycles. The fourth-order valence-electron chi connectivity index (χ4n) is 0.0680. The van der Waals surface area contributed by atoms with E-state index in [4.69, 9.17) is 0 Å². The molecule has 0 bridgehead atoms. The molecule has 0 aliphatic carbocycles. The molecule has 0 rings (SSSR count). The van der Waals surface area contributed by atoms with E-state index in [1.807, 2.05) is 0 Å². The number of rotatable bonds is 1. The van der Waals surface area contributed by atoms with Crippen molar-refractivity contribution in [1.82, 2.24) is 0 Å². The second kappa shape index (κ2) is 3.09. The van der Waals surface area contributed by atoms with Crippen LogP contribution in [0.5, 0.6) is 0 Å². The predicted molar refractivity (Wildman–Crippen MR) is 28.7 cm³/mol. The van der Waals surface area contributed by atoms with Gasteiger partial charge in [0.1, 0.15) is 0 Å². The maximum atomic E-state index is 9.62. The summed E-state index contributed by atoms with van der Waals surface area (Å²) in [5.74, 6) is 0. The van der Waals surface area contributed by atoms with E-state index in [0.717, 1.165) is 6.29 Å². The Morgan fingerprint density at radius 3 is 2.33 bits per heavy atom. The van der Waals surface area contributed by atoms with E-state index in [-0.39, 0.29) is 0 Å². The van der Waals surface area contributed by atoms with Crippen molar-refractivity contribution in [3.8, 4) is 0 Å². The molecule has 2 heteroatoms. The smallest absolute Gasteiger partial charge is 0.156 e. The third-order valence-electron chi connectivity index (χ3n) is 0.388. The first-order valence-electron chi connectivity index (χ1n) is 1.58. The van der Waals surface area contributed by atoms with E-state index >= 15 is 0 Å². The van der Waals surface area contributed by atoms with Gasteiger partial charge in [-0.2, -0.15) is 0 Å². The molecule has 0 aromatic heterocycles. The van der Waals surface area contributed by atoms with E-state index < -0.39 is 0 Å². The molecule has 0 aromatic rings. The van der Waals surface area contributed by atoms with Crippen LogP contribution in [-0.4, -0.2) is 6.29 Å². The largest absolute Gasteiger partial charge is 0.297 e. The van der Waals surface area contributed by atoms with Gasteiger partial charge in [-0.25, -0.2) is 0 Å². The summed E-state index contributed by atoms with van der Waals surface area (Å²) < 4.78 is 0.600. The summed E-state index contributed by atoms with van der Waals surface area (Å²) in [6.07, 6.45) is 2.44. The van der Waals surface area contributed by atoms with Crippen LogP contribution in [-0.2, 0) is 4.79 Å². The fourth-order valence-corrected chi connectivity index (χ4v) is 0.0680. The highest BCUT2D eigenvalue weighted by Crippen LogP contribution is 1.96. The summed E-state index contributed by atoms with van der Waals surface area (Å²) in [6.45, 7) is 1.79. The molecule has 0 aliphatic rings. The summed E-state index contributed by atoms with van der Waals surface area (Å²) in [7, 11) is 0. The van der Waals surface area contributed by atoms with Gasteiger partial charge in [-0.05, 0) is 22.9 Å². The van der Waals surface area contributed by atoms with Crippen molar-refractivity contribution in [2.45, 2.75) is 6.92 Å². The number of allylic oxidation sites excluding steroid dienone is 2. The van der Waals surface area contributed by atoms with Crippen molar-refractivity contribution in [3.05, 3.63) is 10.6 Å². The Morgan fingerprint density at radius 2 is 2.33 bits per heavy atom. The molecule has 0 unspecified atom stereocenters. The second-order valence-corrected chi connectivity index (χ2v) is 1.71. The van der Waals surface area contributed by atoms with Crippen LogP contribution in [0.2, 0.25) is 0 Å². The SMILES string of the molecule is CC=C(Br)C=O. The van der Waals surface area contributed by atoms with Gasteiger partial charge >= 0.3 is 0 Å². The maximum absolute atomic E-state index is 9.62. The quantitative estimate of drug-likeness (QED) is 0.407. The van der Waals surface area contributed by atoms with Crippen LogP contribution < -0.4 is 0 Å². The van der Waals surface area contributed by atoms with Crippen LogP contribution in [0.15, 0.2) is 10.6 Å². The molecule has 0 saturated heterocycles. The Kier molecular flexibility index (Phi) is 3.04. The van der Waals surface area contributed by atoms with Gasteiger partial charge in [-0.3, -0.25) is 4.79 Å². The fraction of sp³-hybridized carbons (Fsp3) is 0.250. The average molecular weight is 149 g/mol. The lowest BCUT2D eigenvalue weighted by Gasteiger charge is -1.70. The Hall–Kier alpha value is -0.110. The second-order valence-electron chi connectivity index (χ2n) is 0.791. The van der Waals surface area contributed by atoms with Gasteiger partial charge in [0.15, 0.2) is 6.29 Å². The molecular formula is C4H5BrO. The zero-order valence-electron chi connectivity index (χ0n) is 3.44. The molecule has 0 saturated carbocycles. The third kappa shape index (κ3) is 2.15. The number of hydrogen-bond donors (Lipinski definition) is 0. The van der Waals surface area contributed by atoms with Crippen LogP contribution >= 0.6 is 15.9 Å². The highest BCUT2D eigenvalue weighted by atomic mass is 79.9. The molecule has 0 N–H and O–H groups in total. The van der Waals surface area contributed by atoms with Gasteiger partial charge in [-0.1, -0.05) is 6.08 Å². The summed E-state index contributed by atoms with van der Waals surface area (Å²) in [5, 5.41) is 0. The Labute approximate surface area is 45.2 Å². The molecule has 0 amide bonds. The standard InChI is InChI=1S/C4H5BrO/c1-2-4(5)3-6/h2-3H,1H3. The lowest BCUT2D eigenvalue weighted by atomic mass is 10.6. The Morgan fingerprint density at radius 1 is 1.83 bits per heavy atom. The van der Waals surface area contributed by atoms with Crippen molar-refractivity contribution in [2.24, 2.45) is 0 Å². The van der Waals surface area contributed by atoms with Crippen molar-refractivity contribution in [3.63, 3.8) is 0 Å². The maximum Gasteiger partial charge on any atom is 0.156 e. The predicted octanol–water partition coefficient (Wildman–Crippen LogP) is 1.48. The van der Waals surface area contributed by atoms with Crippen molar-refractivity contribution in [2.75, 3.05) is 0 Å².